The molecule has 0 aromatic carbocycles. The maximum Gasteiger partial charge on any atom is 0.274 e. The van der Waals surface area contributed by atoms with Crippen molar-refractivity contribution >= 4 is 11.7 Å². The number of nitrogens with zero attached hydrogens (tertiary/aromatic N) is 3. The summed E-state index contributed by atoms with van der Waals surface area (Å²) in [6, 6.07) is 0.322. The highest BCUT2D eigenvalue weighted by molar-refractivity contribution is 5.92. The summed E-state index contributed by atoms with van der Waals surface area (Å²) < 4.78 is 0. The van der Waals surface area contributed by atoms with Crippen LogP contribution in [0.3, 0.4) is 0 Å². The van der Waals surface area contributed by atoms with Gasteiger partial charge in [0.05, 0.1) is 12.4 Å². The van der Waals surface area contributed by atoms with E-state index in [0.29, 0.717) is 17.6 Å². The molecule has 0 aliphatic carbocycles. The molecule has 1 aliphatic heterocycles. The molecule has 1 amide bonds. The van der Waals surface area contributed by atoms with E-state index in [-0.39, 0.29) is 5.91 Å². The van der Waals surface area contributed by atoms with E-state index >= 15 is 0 Å². The predicted octanol–water partition coefficient (Wildman–Crippen LogP) is 1.85. The Morgan fingerprint density at radius 2 is 2.28 bits per heavy atom. The lowest BCUT2D eigenvalue weighted by molar-refractivity contribution is 0.0672. The van der Waals surface area contributed by atoms with Crippen LogP contribution in [0.15, 0.2) is 12.4 Å². The van der Waals surface area contributed by atoms with Gasteiger partial charge in [-0.2, -0.15) is 0 Å². The molecule has 2 rings (SSSR count). The Labute approximate surface area is 107 Å². The van der Waals surface area contributed by atoms with Gasteiger partial charge in [-0.25, -0.2) is 4.98 Å². The summed E-state index contributed by atoms with van der Waals surface area (Å²) >= 11 is 0. The van der Waals surface area contributed by atoms with Gasteiger partial charge in [0.2, 0.25) is 0 Å². The predicted molar refractivity (Wildman–Crippen MR) is 70.0 cm³/mol. The fraction of sp³-hybridized carbons (Fsp3) is 0.615. The van der Waals surface area contributed by atoms with Gasteiger partial charge in [0.15, 0.2) is 0 Å². The average Bonchev–Trinajstić information content (AvgIpc) is 2.62. The van der Waals surface area contributed by atoms with Crippen molar-refractivity contribution in [2.45, 2.75) is 45.1 Å². The summed E-state index contributed by atoms with van der Waals surface area (Å²) in [6.45, 7) is 2.94. The maximum absolute atomic E-state index is 12.4. The van der Waals surface area contributed by atoms with E-state index in [2.05, 4.69) is 16.9 Å². The van der Waals surface area contributed by atoms with Gasteiger partial charge in [0, 0.05) is 12.6 Å². The number of nitrogens with two attached hydrogens (primary N) is 1. The molecule has 1 saturated heterocycles. The third-order valence-corrected chi connectivity index (χ3v) is 3.48. The van der Waals surface area contributed by atoms with Crippen LogP contribution < -0.4 is 5.73 Å². The smallest absolute Gasteiger partial charge is 0.274 e. The zero-order chi connectivity index (χ0) is 13.0. The van der Waals surface area contributed by atoms with Crippen LogP contribution in [0.4, 0.5) is 5.82 Å². The second kappa shape index (κ2) is 5.80. The van der Waals surface area contributed by atoms with E-state index in [1.54, 1.807) is 0 Å². The molecule has 1 unspecified atom stereocenters. The molecule has 1 atom stereocenters. The zero-order valence-electron chi connectivity index (χ0n) is 10.8. The van der Waals surface area contributed by atoms with Gasteiger partial charge in [-0.1, -0.05) is 19.8 Å². The van der Waals surface area contributed by atoms with Crippen molar-refractivity contribution in [3.63, 3.8) is 0 Å². The van der Waals surface area contributed by atoms with Crippen molar-refractivity contribution in [3.8, 4) is 0 Å². The molecule has 1 aromatic heterocycles. The zero-order valence-corrected chi connectivity index (χ0v) is 10.8. The van der Waals surface area contributed by atoms with Crippen LogP contribution in [-0.2, 0) is 0 Å². The molecule has 0 radical (unpaired) electrons. The lowest BCUT2D eigenvalue weighted by Crippen LogP contribution is -2.40. The van der Waals surface area contributed by atoms with Crippen LogP contribution in [0.5, 0.6) is 0 Å². The molecule has 1 aliphatic rings. The van der Waals surface area contributed by atoms with Crippen LogP contribution >= 0.6 is 0 Å². The number of hydrogen-bond acceptors (Lipinski definition) is 4. The topological polar surface area (TPSA) is 72.1 Å². The van der Waals surface area contributed by atoms with Gasteiger partial charge < -0.3 is 10.6 Å². The minimum absolute atomic E-state index is 0.0384. The number of amides is 1. The molecule has 0 bridgehead atoms. The fourth-order valence-electron chi connectivity index (χ4n) is 2.50. The summed E-state index contributed by atoms with van der Waals surface area (Å²) in [6.07, 6.45) is 8.48. The Morgan fingerprint density at radius 1 is 1.44 bits per heavy atom. The number of likely N-dealkylation sites (tertiary alicyclic amines) is 1. The first-order chi connectivity index (χ1) is 8.72. The van der Waals surface area contributed by atoms with E-state index in [4.69, 9.17) is 5.73 Å². The number of aromatic nitrogens is 2. The second-order valence-corrected chi connectivity index (χ2v) is 4.74. The fourth-order valence-corrected chi connectivity index (χ4v) is 2.50. The maximum atomic E-state index is 12.4. The lowest BCUT2D eigenvalue weighted by Gasteiger charge is -2.28. The summed E-state index contributed by atoms with van der Waals surface area (Å²) in [7, 11) is 0. The Balaban J connectivity index is 2.19. The Bertz CT molecular complexity index is 421. The SMILES string of the molecule is CCC1CCCCCN1C(=O)c1cncc(N)n1. The number of nitrogen functional groups attached to an aromatic ring is 1. The number of rotatable bonds is 2. The Kier molecular flexibility index (Phi) is 4.12. The average molecular weight is 248 g/mol. The van der Waals surface area contributed by atoms with Crippen LogP contribution in [0.25, 0.3) is 0 Å². The second-order valence-electron chi connectivity index (χ2n) is 4.74. The van der Waals surface area contributed by atoms with E-state index in [0.717, 1.165) is 25.8 Å². The van der Waals surface area contributed by atoms with Crippen molar-refractivity contribution in [2.24, 2.45) is 0 Å². The first-order valence-corrected chi connectivity index (χ1v) is 6.61. The Hall–Kier alpha value is -1.65. The van der Waals surface area contributed by atoms with Gasteiger partial charge in [0.1, 0.15) is 11.5 Å². The molecule has 0 saturated carbocycles. The summed E-state index contributed by atoms with van der Waals surface area (Å²) in [5.74, 6) is 0.257. The monoisotopic (exact) mass is 248 g/mol. The molecule has 18 heavy (non-hydrogen) atoms. The molecule has 2 heterocycles. The number of carbonyl (C=O) groups is 1. The molecular formula is C13H20N4O. The highest BCUT2D eigenvalue weighted by Crippen LogP contribution is 2.20. The highest BCUT2D eigenvalue weighted by atomic mass is 16.2. The first-order valence-electron chi connectivity index (χ1n) is 6.61. The van der Waals surface area contributed by atoms with Crippen molar-refractivity contribution in [3.05, 3.63) is 18.1 Å². The van der Waals surface area contributed by atoms with Gasteiger partial charge in [-0.05, 0) is 19.3 Å². The minimum Gasteiger partial charge on any atom is -0.382 e. The quantitative estimate of drug-likeness (QED) is 0.867. The molecule has 0 spiro atoms. The number of carbonyl (C=O) groups excluding carboxylic acids is 1. The van der Waals surface area contributed by atoms with Gasteiger partial charge >= 0.3 is 0 Å². The number of hydrogen-bond donors (Lipinski definition) is 1. The standard InChI is InChI=1S/C13H20N4O/c1-2-10-6-4-3-5-7-17(10)13(18)11-8-15-9-12(14)16-11/h8-10H,2-7H2,1H3,(H2,14,16). The third kappa shape index (κ3) is 2.78. The summed E-state index contributed by atoms with van der Waals surface area (Å²) in [4.78, 5) is 22.4. The van der Waals surface area contributed by atoms with Crippen LogP contribution in [0.1, 0.15) is 49.5 Å². The number of anilines is 1. The van der Waals surface area contributed by atoms with Crippen molar-refractivity contribution in [1.82, 2.24) is 14.9 Å². The van der Waals surface area contributed by atoms with Crippen molar-refractivity contribution < 1.29 is 4.79 Å². The van der Waals surface area contributed by atoms with E-state index in [9.17, 15) is 4.79 Å². The highest BCUT2D eigenvalue weighted by Gasteiger charge is 2.25. The van der Waals surface area contributed by atoms with Crippen molar-refractivity contribution in [2.75, 3.05) is 12.3 Å². The van der Waals surface area contributed by atoms with Crippen LogP contribution in [0, 0.1) is 0 Å². The molecule has 2 N–H and O–H groups in total. The molecular weight excluding hydrogens is 228 g/mol. The normalized spacial score (nSPS) is 20.5. The van der Waals surface area contributed by atoms with Crippen LogP contribution in [-0.4, -0.2) is 33.4 Å². The third-order valence-electron chi connectivity index (χ3n) is 3.48. The van der Waals surface area contributed by atoms with E-state index in [1.807, 2.05) is 4.90 Å². The summed E-state index contributed by atoms with van der Waals surface area (Å²) in [5, 5.41) is 0. The van der Waals surface area contributed by atoms with Gasteiger partial charge in [-0.3, -0.25) is 9.78 Å². The Morgan fingerprint density at radius 3 is 3.00 bits per heavy atom. The van der Waals surface area contributed by atoms with E-state index in [1.165, 1.54) is 25.2 Å². The molecule has 1 fully saturated rings. The largest absolute Gasteiger partial charge is 0.382 e. The molecule has 1 aromatic rings. The lowest BCUT2D eigenvalue weighted by atomic mass is 10.1. The van der Waals surface area contributed by atoms with E-state index < -0.39 is 0 Å². The molecule has 5 heteroatoms. The van der Waals surface area contributed by atoms with Gasteiger partial charge in [0.25, 0.3) is 5.91 Å². The first kappa shape index (κ1) is 12.8. The molecule has 98 valence electrons. The van der Waals surface area contributed by atoms with Crippen molar-refractivity contribution in [1.29, 1.82) is 0 Å². The molecule has 5 nitrogen and oxygen atoms in total. The minimum atomic E-state index is -0.0384. The van der Waals surface area contributed by atoms with Crippen LogP contribution in [0.2, 0.25) is 0 Å². The van der Waals surface area contributed by atoms with Gasteiger partial charge in [-0.15, -0.1) is 0 Å². The summed E-state index contributed by atoms with van der Waals surface area (Å²) in [5.41, 5.74) is 5.94.